The fourth-order valence-corrected chi connectivity index (χ4v) is 0.731. The zero-order chi connectivity index (χ0) is 8.69. The van der Waals surface area contributed by atoms with Crippen molar-refractivity contribution >= 4 is 5.97 Å². The highest BCUT2D eigenvalue weighted by Gasteiger charge is 2.06. The quantitative estimate of drug-likeness (QED) is 0.352. The molecule has 0 saturated carbocycles. The van der Waals surface area contributed by atoms with Gasteiger partial charge < -0.3 is 4.74 Å². The van der Waals surface area contributed by atoms with Crippen LogP contribution < -0.4 is 0 Å². The number of esters is 1. The van der Waals surface area contributed by atoms with Gasteiger partial charge in [-0.3, -0.25) is 0 Å². The molecule has 0 rings (SSSR count). The van der Waals surface area contributed by atoms with Crippen molar-refractivity contribution in [3.8, 4) is 0 Å². The fourth-order valence-electron chi connectivity index (χ4n) is 0.731. The lowest BCUT2D eigenvalue weighted by molar-refractivity contribution is -0.138. The van der Waals surface area contributed by atoms with E-state index in [0.717, 1.165) is 6.42 Å². The van der Waals surface area contributed by atoms with Gasteiger partial charge in [0.15, 0.2) is 0 Å². The van der Waals surface area contributed by atoms with Crippen LogP contribution in [0.15, 0.2) is 17.9 Å². The molecule has 0 bridgehead atoms. The fraction of sp³-hybridized carbons (Fsp3) is 0.556. The lowest BCUT2D eigenvalue weighted by Gasteiger charge is -2.01. The molecule has 0 unspecified atom stereocenters. The van der Waals surface area contributed by atoms with Crippen LogP contribution >= 0.6 is 0 Å². The van der Waals surface area contributed by atoms with Crippen LogP contribution in [-0.2, 0) is 9.53 Å². The first-order valence-corrected chi connectivity index (χ1v) is 3.82. The Balaban J connectivity index is 4.05. The predicted octanol–water partition coefficient (Wildman–Crippen LogP) is 2.06. The van der Waals surface area contributed by atoms with E-state index < -0.39 is 0 Å². The second kappa shape index (κ2) is 5.75. The van der Waals surface area contributed by atoms with E-state index in [2.05, 4.69) is 12.3 Å². The lowest BCUT2D eigenvalue weighted by Crippen LogP contribution is -2.06. The number of carbonyl (C=O) groups is 1. The molecule has 0 fully saturated rings. The summed E-state index contributed by atoms with van der Waals surface area (Å²) in [5.74, 6) is -0.288. The Labute approximate surface area is 67.6 Å². The molecule has 2 nitrogen and oxygen atoms in total. The predicted molar refractivity (Wildman–Crippen MR) is 44.2 cm³/mol. The molecule has 0 aliphatic rings. The zero-order valence-corrected chi connectivity index (χ0v) is 7.14. The van der Waals surface area contributed by atoms with Crippen LogP contribution in [0.4, 0.5) is 0 Å². The standard InChI is InChI=1S/C9H14O2/c1-4-7-8(5-2)9(10)11-6-3/h2,4,6-7H2,1,3H3. The zero-order valence-electron chi connectivity index (χ0n) is 7.14. The Hall–Kier alpha value is -1.01. The van der Waals surface area contributed by atoms with Crippen LogP contribution in [0.25, 0.3) is 0 Å². The largest absolute Gasteiger partial charge is 0.462 e. The first-order valence-electron chi connectivity index (χ1n) is 3.82. The monoisotopic (exact) mass is 154 g/mol. The summed E-state index contributed by atoms with van der Waals surface area (Å²) in [5.41, 5.74) is 3.13. The van der Waals surface area contributed by atoms with E-state index in [1.165, 1.54) is 0 Å². The highest BCUT2D eigenvalue weighted by molar-refractivity contribution is 5.88. The molecule has 0 aromatic rings. The summed E-state index contributed by atoms with van der Waals surface area (Å²) >= 11 is 0. The molecule has 11 heavy (non-hydrogen) atoms. The number of carbonyl (C=O) groups excluding carboxylic acids is 1. The normalized spacial score (nSPS) is 8.55. The molecule has 0 amide bonds. The smallest absolute Gasteiger partial charge is 0.341 e. The van der Waals surface area contributed by atoms with E-state index in [9.17, 15) is 4.79 Å². The van der Waals surface area contributed by atoms with Crippen LogP contribution in [0.3, 0.4) is 0 Å². The Morgan fingerprint density at radius 2 is 2.18 bits per heavy atom. The van der Waals surface area contributed by atoms with E-state index in [4.69, 9.17) is 4.74 Å². The van der Waals surface area contributed by atoms with Crippen molar-refractivity contribution in [1.82, 2.24) is 0 Å². The van der Waals surface area contributed by atoms with Gasteiger partial charge >= 0.3 is 5.97 Å². The van der Waals surface area contributed by atoms with Gasteiger partial charge in [0.1, 0.15) is 0 Å². The van der Waals surface area contributed by atoms with E-state index in [-0.39, 0.29) is 5.97 Å². The van der Waals surface area contributed by atoms with Crippen molar-refractivity contribution in [3.63, 3.8) is 0 Å². The minimum atomic E-state index is -0.288. The summed E-state index contributed by atoms with van der Waals surface area (Å²) in [4.78, 5) is 11.0. The Morgan fingerprint density at radius 3 is 2.55 bits per heavy atom. The van der Waals surface area contributed by atoms with E-state index in [1.807, 2.05) is 6.92 Å². The Kier molecular flexibility index (Phi) is 5.22. The first-order chi connectivity index (χ1) is 5.26. The molecular weight excluding hydrogens is 140 g/mol. The summed E-state index contributed by atoms with van der Waals surface area (Å²) < 4.78 is 4.77. The third-order valence-electron chi connectivity index (χ3n) is 1.24. The molecule has 0 aliphatic carbocycles. The molecule has 0 spiro atoms. The number of rotatable bonds is 4. The van der Waals surface area contributed by atoms with Crippen LogP contribution in [0.5, 0.6) is 0 Å². The molecule has 0 heterocycles. The summed E-state index contributed by atoms with van der Waals surface area (Å²) in [6, 6.07) is 0. The topological polar surface area (TPSA) is 26.3 Å². The highest BCUT2D eigenvalue weighted by Crippen LogP contribution is 2.04. The van der Waals surface area contributed by atoms with Crippen LogP contribution in [0, 0.1) is 0 Å². The van der Waals surface area contributed by atoms with Crippen molar-refractivity contribution in [2.24, 2.45) is 0 Å². The Morgan fingerprint density at radius 1 is 1.55 bits per heavy atom. The molecule has 0 atom stereocenters. The number of hydrogen-bond acceptors (Lipinski definition) is 2. The van der Waals surface area contributed by atoms with E-state index in [1.54, 1.807) is 6.92 Å². The number of ether oxygens (including phenoxy) is 1. The van der Waals surface area contributed by atoms with Crippen molar-refractivity contribution in [2.45, 2.75) is 26.7 Å². The van der Waals surface area contributed by atoms with Crippen molar-refractivity contribution in [3.05, 3.63) is 17.9 Å². The molecule has 0 radical (unpaired) electrons. The maximum atomic E-state index is 11.0. The van der Waals surface area contributed by atoms with Crippen LogP contribution in [-0.4, -0.2) is 12.6 Å². The molecule has 0 saturated heterocycles. The van der Waals surface area contributed by atoms with Gasteiger partial charge in [-0.05, 0) is 13.3 Å². The third kappa shape index (κ3) is 3.64. The van der Waals surface area contributed by atoms with Gasteiger partial charge in [-0.25, -0.2) is 4.79 Å². The van der Waals surface area contributed by atoms with Crippen LogP contribution in [0.1, 0.15) is 26.7 Å². The summed E-state index contributed by atoms with van der Waals surface area (Å²) in [7, 11) is 0. The molecule has 0 aromatic heterocycles. The molecule has 0 aromatic carbocycles. The average Bonchev–Trinajstić information content (AvgIpc) is 2.00. The van der Waals surface area contributed by atoms with Gasteiger partial charge in [0.2, 0.25) is 0 Å². The second-order valence-electron chi connectivity index (χ2n) is 2.13. The molecular formula is C9H14O2. The van der Waals surface area contributed by atoms with Crippen molar-refractivity contribution in [1.29, 1.82) is 0 Å². The summed E-state index contributed by atoms with van der Waals surface area (Å²) in [6.45, 7) is 7.61. The lowest BCUT2D eigenvalue weighted by atomic mass is 10.2. The molecule has 62 valence electrons. The van der Waals surface area contributed by atoms with E-state index >= 15 is 0 Å². The van der Waals surface area contributed by atoms with Gasteiger partial charge in [-0.15, -0.1) is 5.73 Å². The van der Waals surface area contributed by atoms with Gasteiger partial charge in [0.05, 0.1) is 12.2 Å². The molecule has 0 N–H and O–H groups in total. The molecule has 2 heteroatoms. The minimum absolute atomic E-state index is 0.288. The molecule has 0 aliphatic heterocycles. The van der Waals surface area contributed by atoms with Crippen LogP contribution in [0.2, 0.25) is 0 Å². The second-order valence-corrected chi connectivity index (χ2v) is 2.13. The van der Waals surface area contributed by atoms with Gasteiger partial charge in [0.25, 0.3) is 0 Å². The van der Waals surface area contributed by atoms with Crippen molar-refractivity contribution in [2.75, 3.05) is 6.61 Å². The van der Waals surface area contributed by atoms with Gasteiger partial charge in [-0.2, -0.15) is 0 Å². The van der Waals surface area contributed by atoms with Gasteiger partial charge in [0, 0.05) is 0 Å². The first kappa shape index (κ1) is 9.99. The van der Waals surface area contributed by atoms with Gasteiger partial charge in [-0.1, -0.05) is 19.9 Å². The Bertz CT molecular complexity index is 176. The summed E-state index contributed by atoms with van der Waals surface area (Å²) in [6.07, 6.45) is 1.61. The average molecular weight is 154 g/mol. The highest BCUT2D eigenvalue weighted by atomic mass is 16.5. The van der Waals surface area contributed by atoms with E-state index in [0.29, 0.717) is 18.6 Å². The minimum Gasteiger partial charge on any atom is -0.462 e. The maximum Gasteiger partial charge on any atom is 0.341 e. The summed E-state index contributed by atoms with van der Waals surface area (Å²) in [5, 5.41) is 0. The van der Waals surface area contributed by atoms with Crippen molar-refractivity contribution < 1.29 is 9.53 Å². The SMILES string of the molecule is C=C=C(CCC)C(=O)OCC. The number of hydrogen-bond donors (Lipinski definition) is 0. The third-order valence-corrected chi connectivity index (χ3v) is 1.24. The maximum absolute atomic E-state index is 11.0.